The van der Waals surface area contributed by atoms with E-state index in [9.17, 15) is 0 Å². The van der Waals surface area contributed by atoms with Gasteiger partial charge in [-0.25, -0.2) is 0 Å². The first kappa shape index (κ1) is 16.8. The van der Waals surface area contributed by atoms with Gasteiger partial charge in [0, 0.05) is 12.6 Å². The Balaban J connectivity index is 2.02. The summed E-state index contributed by atoms with van der Waals surface area (Å²) in [6, 6.07) is 0.729. The maximum atomic E-state index is 6.11. The molecule has 0 aliphatic carbocycles. The lowest BCUT2D eigenvalue weighted by Gasteiger charge is -2.24. The monoisotopic (exact) mass is 334 g/mol. The fourth-order valence-electron chi connectivity index (χ4n) is 3.10. The molecule has 3 N–H and O–H groups in total. The molecule has 0 radical (unpaired) electrons. The smallest absolute Gasteiger partial charge is 0.300 e. The number of ether oxygens (including phenoxy) is 2. The highest BCUT2D eigenvalue weighted by molar-refractivity contribution is 5.84. The predicted octanol–water partition coefficient (Wildman–Crippen LogP) is 2.72. The number of rotatable bonds is 6. The Morgan fingerprint density at radius 1 is 1.38 bits per heavy atom. The summed E-state index contributed by atoms with van der Waals surface area (Å²) in [6.07, 6.45) is 5.08. The van der Waals surface area contributed by atoms with Crippen molar-refractivity contribution in [2.75, 3.05) is 24.8 Å². The Kier molecular flexibility index (Phi) is 5.03. The van der Waals surface area contributed by atoms with Crippen LogP contribution in [0.2, 0.25) is 0 Å². The van der Waals surface area contributed by atoms with Crippen LogP contribution >= 0.6 is 0 Å². The maximum Gasteiger partial charge on any atom is 0.300 e. The SMILES string of the molecule is CCC[C@H](C)Nc1nc(N)c2nc(OC)n(C3CCCCO3)c2n1. The molecule has 8 nitrogen and oxygen atoms in total. The van der Waals surface area contributed by atoms with Gasteiger partial charge in [0.15, 0.2) is 17.0 Å². The second-order valence-electron chi connectivity index (χ2n) is 6.23. The van der Waals surface area contributed by atoms with Gasteiger partial charge in [0.25, 0.3) is 0 Å². The van der Waals surface area contributed by atoms with Crippen LogP contribution in [0.3, 0.4) is 0 Å². The van der Waals surface area contributed by atoms with E-state index in [1.54, 1.807) is 7.11 Å². The largest absolute Gasteiger partial charge is 0.468 e. The van der Waals surface area contributed by atoms with Crippen molar-refractivity contribution in [3.63, 3.8) is 0 Å². The molecule has 1 saturated heterocycles. The summed E-state index contributed by atoms with van der Waals surface area (Å²) >= 11 is 0. The zero-order valence-electron chi connectivity index (χ0n) is 14.6. The Bertz CT molecular complexity index is 695. The summed E-state index contributed by atoms with van der Waals surface area (Å²) in [5.41, 5.74) is 7.31. The lowest BCUT2D eigenvalue weighted by atomic mass is 10.2. The van der Waals surface area contributed by atoms with Gasteiger partial charge >= 0.3 is 6.01 Å². The number of anilines is 2. The van der Waals surface area contributed by atoms with Gasteiger partial charge in [0.1, 0.15) is 6.23 Å². The molecule has 8 heteroatoms. The van der Waals surface area contributed by atoms with Crippen LogP contribution in [0.5, 0.6) is 6.01 Å². The third kappa shape index (κ3) is 3.24. The molecule has 1 fully saturated rings. The number of aromatic nitrogens is 4. The van der Waals surface area contributed by atoms with Crippen molar-refractivity contribution in [2.24, 2.45) is 0 Å². The normalized spacial score (nSPS) is 19.4. The number of imidazole rings is 1. The highest BCUT2D eigenvalue weighted by Gasteiger charge is 2.25. The molecule has 1 aliphatic rings. The second-order valence-corrected chi connectivity index (χ2v) is 6.23. The van der Waals surface area contributed by atoms with Crippen molar-refractivity contribution in [2.45, 2.75) is 58.2 Å². The molecular formula is C16H26N6O2. The molecule has 24 heavy (non-hydrogen) atoms. The minimum absolute atomic E-state index is 0.131. The Hall–Kier alpha value is -2.09. The number of nitrogens with one attached hydrogen (secondary N) is 1. The van der Waals surface area contributed by atoms with Crippen molar-refractivity contribution in [3.8, 4) is 6.01 Å². The van der Waals surface area contributed by atoms with E-state index in [4.69, 9.17) is 15.2 Å². The van der Waals surface area contributed by atoms with Crippen molar-refractivity contribution in [1.29, 1.82) is 0 Å². The van der Waals surface area contributed by atoms with Crippen LogP contribution in [0.15, 0.2) is 0 Å². The van der Waals surface area contributed by atoms with Crippen LogP contribution in [0, 0.1) is 0 Å². The van der Waals surface area contributed by atoms with Gasteiger partial charge in [-0.05, 0) is 32.6 Å². The standard InChI is InChI=1S/C16H26N6O2/c1-4-7-10(2)18-15-20-13(17)12-14(21-15)22(16(19-12)23-3)11-8-5-6-9-24-11/h10-11H,4-9H2,1-3H3,(H3,17,18,20,21)/t10-,11?/m0/s1. The first-order valence-corrected chi connectivity index (χ1v) is 8.61. The summed E-state index contributed by atoms with van der Waals surface area (Å²) in [7, 11) is 1.59. The molecule has 1 unspecified atom stereocenters. The van der Waals surface area contributed by atoms with Crippen molar-refractivity contribution in [1.82, 2.24) is 19.5 Å². The summed E-state index contributed by atoms with van der Waals surface area (Å²) < 4.78 is 13.2. The second kappa shape index (κ2) is 7.21. The molecule has 1 aliphatic heterocycles. The molecule has 2 aromatic rings. The predicted molar refractivity (Wildman–Crippen MR) is 93.1 cm³/mol. The van der Waals surface area contributed by atoms with Gasteiger partial charge in [-0.3, -0.25) is 4.57 Å². The molecule has 2 atom stereocenters. The summed E-state index contributed by atoms with van der Waals surface area (Å²) in [5.74, 6) is 0.861. The van der Waals surface area contributed by atoms with E-state index < -0.39 is 0 Å². The minimum Gasteiger partial charge on any atom is -0.468 e. The third-order valence-electron chi connectivity index (χ3n) is 4.26. The molecule has 3 heterocycles. The quantitative estimate of drug-likeness (QED) is 0.837. The molecule has 0 bridgehead atoms. The number of nitrogens with two attached hydrogens (primary N) is 1. The molecule has 0 spiro atoms. The van der Waals surface area contributed by atoms with E-state index in [0.717, 1.165) is 38.7 Å². The first-order chi connectivity index (χ1) is 11.6. The van der Waals surface area contributed by atoms with Gasteiger partial charge in [-0.2, -0.15) is 15.0 Å². The number of hydrogen-bond donors (Lipinski definition) is 2. The number of hydrogen-bond acceptors (Lipinski definition) is 7. The number of nitrogens with zero attached hydrogens (tertiary/aromatic N) is 4. The lowest BCUT2D eigenvalue weighted by Crippen LogP contribution is -2.20. The summed E-state index contributed by atoms with van der Waals surface area (Å²) in [4.78, 5) is 13.4. The molecule has 132 valence electrons. The molecule has 3 rings (SSSR count). The molecule has 2 aromatic heterocycles. The summed E-state index contributed by atoms with van der Waals surface area (Å²) in [6.45, 7) is 4.99. The first-order valence-electron chi connectivity index (χ1n) is 8.61. The molecular weight excluding hydrogens is 308 g/mol. The van der Waals surface area contributed by atoms with Crippen LogP contribution in [0.1, 0.15) is 52.2 Å². The fourth-order valence-corrected chi connectivity index (χ4v) is 3.10. The summed E-state index contributed by atoms with van der Waals surface area (Å²) in [5, 5.41) is 3.31. The van der Waals surface area contributed by atoms with Crippen LogP contribution in [0.25, 0.3) is 11.2 Å². The Morgan fingerprint density at radius 2 is 2.21 bits per heavy atom. The highest BCUT2D eigenvalue weighted by Crippen LogP contribution is 2.33. The van der Waals surface area contributed by atoms with Crippen molar-refractivity contribution < 1.29 is 9.47 Å². The van der Waals surface area contributed by atoms with Gasteiger partial charge in [-0.1, -0.05) is 13.3 Å². The number of methoxy groups -OCH3 is 1. The highest BCUT2D eigenvalue weighted by atomic mass is 16.5. The number of fused-ring (bicyclic) bond motifs is 1. The zero-order chi connectivity index (χ0) is 17.1. The molecule has 0 amide bonds. The van der Waals surface area contributed by atoms with Gasteiger partial charge in [0.05, 0.1) is 7.11 Å². The topological polar surface area (TPSA) is 100 Å². The van der Waals surface area contributed by atoms with E-state index >= 15 is 0 Å². The van der Waals surface area contributed by atoms with E-state index in [-0.39, 0.29) is 12.3 Å². The molecule has 0 aromatic carbocycles. The van der Waals surface area contributed by atoms with E-state index in [1.807, 2.05) is 4.57 Å². The van der Waals surface area contributed by atoms with Crippen LogP contribution in [0.4, 0.5) is 11.8 Å². The van der Waals surface area contributed by atoms with E-state index in [2.05, 4.69) is 34.1 Å². The van der Waals surface area contributed by atoms with Crippen LogP contribution < -0.4 is 15.8 Å². The average molecular weight is 334 g/mol. The number of nitrogen functional groups attached to an aromatic ring is 1. The third-order valence-corrected chi connectivity index (χ3v) is 4.26. The van der Waals surface area contributed by atoms with Gasteiger partial charge in [-0.15, -0.1) is 0 Å². The lowest BCUT2D eigenvalue weighted by molar-refractivity contribution is -0.0334. The van der Waals surface area contributed by atoms with E-state index in [0.29, 0.717) is 28.9 Å². The van der Waals surface area contributed by atoms with Crippen molar-refractivity contribution in [3.05, 3.63) is 0 Å². The zero-order valence-corrected chi connectivity index (χ0v) is 14.6. The van der Waals surface area contributed by atoms with E-state index in [1.165, 1.54) is 0 Å². The average Bonchev–Trinajstić information content (AvgIpc) is 2.95. The van der Waals surface area contributed by atoms with Crippen LogP contribution in [-0.2, 0) is 4.74 Å². The Labute approximate surface area is 141 Å². The minimum atomic E-state index is -0.131. The van der Waals surface area contributed by atoms with Crippen molar-refractivity contribution >= 4 is 22.9 Å². The fraction of sp³-hybridized carbons (Fsp3) is 0.688. The Morgan fingerprint density at radius 3 is 2.88 bits per heavy atom. The van der Waals surface area contributed by atoms with Gasteiger partial charge < -0.3 is 20.5 Å². The van der Waals surface area contributed by atoms with Crippen LogP contribution in [-0.4, -0.2) is 39.3 Å². The maximum absolute atomic E-state index is 6.11. The van der Waals surface area contributed by atoms with Gasteiger partial charge in [0.2, 0.25) is 5.95 Å². The molecule has 0 saturated carbocycles.